The Morgan fingerprint density at radius 3 is 2.56 bits per heavy atom. The van der Waals surface area contributed by atoms with Crippen molar-refractivity contribution in [3.63, 3.8) is 0 Å². The minimum absolute atomic E-state index is 0.0399. The number of sulfonamides is 1. The number of carboxylic acid groups (broad SMARTS) is 1. The Hall–Kier alpha value is -1.11. The predicted molar refractivity (Wildman–Crippen MR) is 68.3 cm³/mol. The summed E-state index contributed by atoms with van der Waals surface area (Å²) in [5.41, 5.74) is 0.531. The number of rotatable bonds is 5. The second-order valence-corrected chi connectivity index (χ2v) is 6.08. The minimum Gasteiger partial charge on any atom is -0.480 e. The van der Waals surface area contributed by atoms with Crippen molar-refractivity contribution in [1.82, 2.24) is 4.31 Å². The Balaban J connectivity index is 3.26. The number of carboxylic acids is 1. The van der Waals surface area contributed by atoms with Gasteiger partial charge in [0.2, 0.25) is 10.0 Å². The van der Waals surface area contributed by atoms with Gasteiger partial charge < -0.3 is 5.11 Å². The van der Waals surface area contributed by atoms with Crippen LogP contribution in [0.3, 0.4) is 0 Å². The molecule has 1 rings (SSSR count). The van der Waals surface area contributed by atoms with Gasteiger partial charge in [0.1, 0.15) is 6.54 Å². The Morgan fingerprint density at radius 2 is 2.06 bits per heavy atom. The van der Waals surface area contributed by atoms with Crippen LogP contribution in [0.2, 0.25) is 5.02 Å². The number of benzene rings is 1. The van der Waals surface area contributed by atoms with Crippen LogP contribution >= 0.6 is 11.6 Å². The van der Waals surface area contributed by atoms with Gasteiger partial charge in [-0.2, -0.15) is 4.31 Å². The molecule has 0 amide bonds. The molecule has 0 atom stereocenters. The van der Waals surface area contributed by atoms with E-state index in [-0.39, 0.29) is 11.4 Å². The third-order valence-electron chi connectivity index (χ3n) is 2.43. The van der Waals surface area contributed by atoms with Gasteiger partial charge in [0.05, 0.1) is 4.90 Å². The maximum absolute atomic E-state index is 12.3. The molecular formula is C11H14ClNO4S. The molecule has 0 saturated carbocycles. The molecule has 100 valence electrons. The van der Waals surface area contributed by atoms with E-state index in [0.717, 1.165) is 4.31 Å². The van der Waals surface area contributed by atoms with Gasteiger partial charge in [-0.25, -0.2) is 8.42 Å². The van der Waals surface area contributed by atoms with E-state index in [4.69, 9.17) is 16.7 Å². The van der Waals surface area contributed by atoms with Gasteiger partial charge >= 0.3 is 5.97 Å². The smallest absolute Gasteiger partial charge is 0.318 e. The largest absolute Gasteiger partial charge is 0.480 e. The van der Waals surface area contributed by atoms with Crippen LogP contribution in [-0.2, 0) is 14.8 Å². The average Bonchev–Trinajstić information content (AvgIpc) is 2.28. The highest BCUT2D eigenvalue weighted by molar-refractivity contribution is 7.89. The first-order chi connectivity index (χ1) is 8.28. The quantitative estimate of drug-likeness (QED) is 0.897. The molecule has 0 radical (unpaired) electrons. The molecule has 0 aliphatic rings. The third-order valence-corrected chi connectivity index (χ3v) is 4.73. The molecule has 1 aromatic rings. The average molecular weight is 292 g/mol. The van der Waals surface area contributed by atoms with Gasteiger partial charge in [0, 0.05) is 11.6 Å². The topological polar surface area (TPSA) is 74.7 Å². The molecule has 0 aliphatic carbocycles. The van der Waals surface area contributed by atoms with Crippen molar-refractivity contribution in [1.29, 1.82) is 0 Å². The molecule has 5 nitrogen and oxygen atoms in total. The maximum Gasteiger partial charge on any atom is 0.318 e. The van der Waals surface area contributed by atoms with Crippen molar-refractivity contribution in [2.45, 2.75) is 18.7 Å². The lowest BCUT2D eigenvalue weighted by molar-refractivity contribution is -0.137. The second kappa shape index (κ2) is 5.69. The fourth-order valence-corrected chi connectivity index (χ4v) is 3.39. The lowest BCUT2D eigenvalue weighted by Crippen LogP contribution is -2.35. The van der Waals surface area contributed by atoms with Gasteiger partial charge in [0.15, 0.2) is 0 Å². The molecule has 0 spiro atoms. The molecule has 18 heavy (non-hydrogen) atoms. The van der Waals surface area contributed by atoms with Crippen LogP contribution in [0.4, 0.5) is 0 Å². The van der Waals surface area contributed by atoms with Crippen LogP contribution in [0.5, 0.6) is 0 Å². The Labute approximate surface area is 111 Å². The first-order valence-electron chi connectivity index (χ1n) is 5.27. The molecule has 1 aromatic carbocycles. The molecule has 7 heteroatoms. The van der Waals surface area contributed by atoms with Crippen LogP contribution in [0.15, 0.2) is 23.1 Å². The van der Waals surface area contributed by atoms with Gasteiger partial charge in [-0.15, -0.1) is 0 Å². The molecule has 0 unspecified atom stereocenters. The lowest BCUT2D eigenvalue weighted by atomic mass is 10.2. The van der Waals surface area contributed by atoms with Gasteiger partial charge in [-0.3, -0.25) is 4.79 Å². The number of hydrogen-bond acceptors (Lipinski definition) is 3. The van der Waals surface area contributed by atoms with E-state index in [9.17, 15) is 13.2 Å². The number of carbonyl (C=O) groups is 1. The summed E-state index contributed by atoms with van der Waals surface area (Å²) in [7, 11) is -3.83. The zero-order valence-corrected chi connectivity index (χ0v) is 11.6. The highest BCUT2D eigenvalue weighted by Gasteiger charge is 2.26. The fourth-order valence-electron chi connectivity index (χ4n) is 1.51. The van der Waals surface area contributed by atoms with Gasteiger partial charge in [0.25, 0.3) is 0 Å². The summed E-state index contributed by atoms with van der Waals surface area (Å²) in [5.74, 6) is -1.19. The number of aryl methyl sites for hydroxylation is 1. The molecule has 0 fully saturated rings. The number of likely N-dealkylation sites (N-methyl/N-ethyl adjacent to an activating group) is 1. The predicted octanol–water partition coefficient (Wildman–Crippen LogP) is 1.74. The summed E-state index contributed by atoms with van der Waals surface area (Å²) in [6.07, 6.45) is 0. The molecule has 0 saturated heterocycles. The third kappa shape index (κ3) is 3.22. The number of halogens is 1. The van der Waals surface area contributed by atoms with Crippen molar-refractivity contribution in [3.8, 4) is 0 Å². The van der Waals surface area contributed by atoms with Crippen LogP contribution in [0, 0.1) is 6.92 Å². The zero-order valence-electron chi connectivity index (χ0n) is 10.1. The van der Waals surface area contributed by atoms with Crippen LogP contribution < -0.4 is 0 Å². The summed E-state index contributed by atoms with van der Waals surface area (Å²) in [6, 6.07) is 4.50. The first-order valence-corrected chi connectivity index (χ1v) is 7.09. The first kappa shape index (κ1) is 14.9. The zero-order chi connectivity index (χ0) is 13.9. The molecule has 0 aliphatic heterocycles. The van der Waals surface area contributed by atoms with E-state index in [2.05, 4.69) is 0 Å². The Morgan fingerprint density at radius 1 is 1.44 bits per heavy atom. The summed E-state index contributed by atoms with van der Waals surface area (Å²) < 4.78 is 25.4. The molecule has 1 N–H and O–H groups in total. The minimum atomic E-state index is -3.83. The van der Waals surface area contributed by atoms with Gasteiger partial charge in [-0.05, 0) is 24.6 Å². The van der Waals surface area contributed by atoms with Crippen molar-refractivity contribution in [2.75, 3.05) is 13.1 Å². The summed E-state index contributed by atoms with van der Waals surface area (Å²) in [4.78, 5) is 10.7. The highest BCUT2D eigenvalue weighted by atomic mass is 35.5. The van der Waals surface area contributed by atoms with E-state index >= 15 is 0 Å². The van der Waals surface area contributed by atoms with E-state index < -0.39 is 22.5 Å². The van der Waals surface area contributed by atoms with Crippen LogP contribution in [-0.4, -0.2) is 36.9 Å². The summed E-state index contributed by atoms with van der Waals surface area (Å²) >= 11 is 5.78. The number of nitrogens with zero attached hydrogens (tertiary/aromatic N) is 1. The lowest BCUT2D eigenvalue weighted by Gasteiger charge is -2.19. The molecule has 0 bridgehead atoms. The van der Waals surface area contributed by atoms with Gasteiger partial charge in [-0.1, -0.05) is 24.6 Å². The molecular weight excluding hydrogens is 278 g/mol. The monoisotopic (exact) mass is 291 g/mol. The van der Waals surface area contributed by atoms with E-state index in [1.54, 1.807) is 26.0 Å². The fraction of sp³-hybridized carbons (Fsp3) is 0.364. The number of aliphatic carboxylic acids is 1. The highest BCUT2D eigenvalue weighted by Crippen LogP contribution is 2.23. The number of hydrogen-bond donors (Lipinski definition) is 1. The molecule has 0 aromatic heterocycles. The summed E-state index contributed by atoms with van der Waals surface area (Å²) in [6.45, 7) is 2.74. The van der Waals surface area contributed by atoms with Crippen molar-refractivity contribution in [3.05, 3.63) is 28.8 Å². The Kier molecular flexibility index (Phi) is 4.72. The van der Waals surface area contributed by atoms with E-state index in [0.29, 0.717) is 10.6 Å². The van der Waals surface area contributed by atoms with Crippen LogP contribution in [0.1, 0.15) is 12.5 Å². The normalized spacial score (nSPS) is 11.8. The van der Waals surface area contributed by atoms with Crippen molar-refractivity contribution in [2.24, 2.45) is 0 Å². The van der Waals surface area contributed by atoms with Crippen molar-refractivity contribution >= 4 is 27.6 Å². The maximum atomic E-state index is 12.3. The van der Waals surface area contributed by atoms with E-state index in [1.165, 1.54) is 6.07 Å². The van der Waals surface area contributed by atoms with Crippen LogP contribution in [0.25, 0.3) is 0 Å². The Bertz CT molecular complexity index is 556. The molecule has 0 heterocycles. The van der Waals surface area contributed by atoms with E-state index in [1.807, 2.05) is 0 Å². The SMILES string of the molecule is CCN(CC(=O)O)S(=O)(=O)c1cc(Cl)ccc1C. The summed E-state index contributed by atoms with van der Waals surface area (Å²) in [5, 5.41) is 9.01. The van der Waals surface area contributed by atoms with Crippen molar-refractivity contribution < 1.29 is 18.3 Å². The second-order valence-electron chi connectivity index (χ2n) is 3.73. The standard InChI is InChI=1S/C11H14ClNO4S/c1-3-13(7-11(14)15)18(16,17)10-6-9(12)5-4-8(10)2/h4-6H,3,7H2,1-2H3,(H,14,15).